The third kappa shape index (κ3) is 5.31. The van der Waals surface area contributed by atoms with E-state index in [0.29, 0.717) is 35.0 Å². The van der Waals surface area contributed by atoms with E-state index in [4.69, 9.17) is 21.1 Å². The highest BCUT2D eigenvalue weighted by atomic mass is 35.5. The van der Waals surface area contributed by atoms with Gasteiger partial charge in [-0.15, -0.1) is 11.8 Å². The van der Waals surface area contributed by atoms with E-state index in [1.54, 1.807) is 6.07 Å². The summed E-state index contributed by atoms with van der Waals surface area (Å²) in [7, 11) is -0.935. The number of fused-ring (bicyclic) bond motifs is 1. The van der Waals surface area contributed by atoms with E-state index in [0.717, 1.165) is 4.90 Å². The van der Waals surface area contributed by atoms with Crippen LogP contribution in [0.1, 0.15) is 19.8 Å². The van der Waals surface area contributed by atoms with Gasteiger partial charge < -0.3 is 20.1 Å². The number of hydrogen-bond donors (Lipinski definition) is 2. The van der Waals surface area contributed by atoms with Crippen LogP contribution < -0.4 is 20.1 Å². The van der Waals surface area contributed by atoms with Gasteiger partial charge in [0.15, 0.2) is 9.84 Å². The molecule has 8 nitrogen and oxygen atoms in total. The van der Waals surface area contributed by atoms with Gasteiger partial charge >= 0.3 is 0 Å². The van der Waals surface area contributed by atoms with Crippen molar-refractivity contribution in [3.05, 3.63) is 35.4 Å². The van der Waals surface area contributed by atoms with Crippen LogP contribution >= 0.6 is 23.4 Å². The van der Waals surface area contributed by atoms with Crippen molar-refractivity contribution in [3.63, 3.8) is 0 Å². The zero-order valence-corrected chi connectivity index (χ0v) is 20.1. The van der Waals surface area contributed by atoms with Crippen molar-refractivity contribution in [3.8, 4) is 11.5 Å². The highest BCUT2D eigenvalue weighted by Crippen LogP contribution is 2.36. The first-order valence-corrected chi connectivity index (χ1v) is 12.6. The molecule has 1 atom stereocenters. The molecule has 0 aromatic heterocycles. The molecule has 0 unspecified atom stereocenters. The summed E-state index contributed by atoms with van der Waals surface area (Å²) in [4.78, 5) is 25.3. The fourth-order valence-electron chi connectivity index (χ4n) is 3.14. The summed E-state index contributed by atoms with van der Waals surface area (Å²) in [6.45, 7) is 1.46. The molecule has 2 aromatic carbocycles. The van der Waals surface area contributed by atoms with Gasteiger partial charge in [-0.2, -0.15) is 0 Å². The zero-order chi connectivity index (χ0) is 23.5. The molecule has 0 bridgehead atoms. The lowest BCUT2D eigenvalue weighted by molar-refractivity contribution is -0.116. The number of sulfone groups is 1. The zero-order valence-electron chi connectivity index (χ0n) is 17.7. The average molecular weight is 499 g/mol. The van der Waals surface area contributed by atoms with Crippen molar-refractivity contribution in [1.82, 2.24) is 0 Å². The number of carbonyl (C=O) groups is 2. The van der Waals surface area contributed by atoms with Gasteiger partial charge in [0, 0.05) is 29.6 Å². The van der Waals surface area contributed by atoms with E-state index < -0.39 is 21.0 Å². The highest BCUT2D eigenvalue weighted by molar-refractivity contribution is 7.99. The van der Waals surface area contributed by atoms with Crippen LogP contribution in [-0.4, -0.2) is 45.5 Å². The number of nitrogens with one attached hydrogen (secondary N) is 2. The summed E-state index contributed by atoms with van der Waals surface area (Å²) in [6, 6.07) is 7.62. The topological polar surface area (TPSA) is 111 Å². The predicted molar refractivity (Wildman–Crippen MR) is 125 cm³/mol. The van der Waals surface area contributed by atoms with Crippen LogP contribution in [-0.2, 0) is 19.4 Å². The average Bonchev–Trinajstić information content (AvgIpc) is 2.93. The van der Waals surface area contributed by atoms with Gasteiger partial charge in [-0.1, -0.05) is 11.6 Å². The maximum atomic E-state index is 13.1. The quantitative estimate of drug-likeness (QED) is 0.593. The summed E-state index contributed by atoms with van der Waals surface area (Å²) < 4.78 is 36.5. The SMILES string of the molecule is COc1cc(OC)c(NC(=O)C[C@H](C)S(=O)(=O)c2ccc3c(c2)NC(=O)CCS3)cc1Cl. The minimum absolute atomic E-state index is 0.0458. The summed E-state index contributed by atoms with van der Waals surface area (Å²) >= 11 is 7.61. The van der Waals surface area contributed by atoms with E-state index in [9.17, 15) is 18.0 Å². The van der Waals surface area contributed by atoms with Gasteiger partial charge in [0.25, 0.3) is 0 Å². The molecule has 2 amide bonds. The number of amides is 2. The smallest absolute Gasteiger partial charge is 0.225 e. The largest absolute Gasteiger partial charge is 0.495 e. The Morgan fingerprint density at radius 1 is 1.22 bits per heavy atom. The molecule has 2 N–H and O–H groups in total. The number of ether oxygens (including phenoxy) is 2. The minimum Gasteiger partial charge on any atom is -0.495 e. The predicted octanol–water partition coefficient (Wildman–Crippen LogP) is 3.98. The lowest BCUT2D eigenvalue weighted by Gasteiger charge is -2.16. The van der Waals surface area contributed by atoms with Crippen molar-refractivity contribution in [2.75, 3.05) is 30.6 Å². The number of methoxy groups -OCH3 is 2. The Morgan fingerprint density at radius 2 is 1.94 bits per heavy atom. The Morgan fingerprint density at radius 3 is 2.62 bits per heavy atom. The van der Waals surface area contributed by atoms with E-state index in [-0.39, 0.29) is 22.2 Å². The van der Waals surface area contributed by atoms with Crippen LogP contribution in [0, 0.1) is 0 Å². The number of halogens is 1. The van der Waals surface area contributed by atoms with Gasteiger partial charge in [0.1, 0.15) is 11.5 Å². The van der Waals surface area contributed by atoms with E-state index >= 15 is 0 Å². The minimum atomic E-state index is -3.82. The van der Waals surface area contributed by atoms with Gasteiger partial charge in [-0.05, 0) is 31.2 Å². The molecule has 3 rings (SSSR count). The summed E-state index contributed by atoms with van der Waals surface area (Å²) in [5, 5.41) is 4.64. The molecule has 1 aliphatic heterocycles. The molecular weight excluding hydrogens is 476 g/mol. The summed E-state index contributed by atoms with van der Waals surface area (Å²) in [5.41, 5.74) is 0.769. The Hall–Kier alpha value is -2.43. The van der Waals surface area contributed by atoms with E-state index in [1.807, 2.05) is 0 Å². The Balaban J connectivity index is 1.77. The third-order valence-corrected chi connectivity index (χ3v) is 8.40. The first kappa shape index (κ1) is 24.2. The molecule has 0 radical (unpaired) electrons. The molecule has 1 heterocycles. The van der Waals surface area contributed by atoms with E-state index in [2.05, 4.69) is 10.6 Å². The molecule has 0 aliphatic carbocycles. The molecule has 0 saturated heterocycles. The molecule has 0 fully saturated rings. The Kier molecular flexibility index (Phi) is 7.58. The van der Waals surface area contributed by atoms with Crippen LogP contribution in [0.4, 0.5) is 11.4 Å². The molecular formula is C21H23ClN2O6S2. The van der Waals surface area contributed by atoms with Crippen LogP contribution in [0.15, 0.2) is 40.1 Å². The van der Waals surface area contributed by atoms with E-state index in [1.165, 1.54) is 57.2 Å². The Bertz CT molecular complexity index is 1150. The summed E-state index contributed by atoms with van der Waals surface area (Å²) in [6.07, 6.45) is 0.0736. The molecule has 11 heteroatoms. The first-order valence-electron chi connectivity index (χ1n) is 9.67. The normalized spacial score (nSPS) is 14.6. The first-order chi connectivity index (χ1) is 15.1. The highest BCUT2D eigenvalue weighted by Gasteiger charge is 2.27. The van der Waals surface area contributed by atoms with Crippen molar-refractivity contribution < 1.29 is 27.5 Å². The fraction of sp³-hybridized carbons (Fsp3) is 0.333. The molecule has 2 aromatic rings. The van der Waals surface area contributed by atoms with Gasteiger partial charge in [0.05, 0.1) is 40.8 Å². The van der Waals surface area contributed by atoms with Crippen molar-refractivity contribution in [2.45, 2.75) is 34.8 Å². The summed E-state index contributed by atoms with van der Waals surface area (Å²) in [5.74, 6) is 0.657. The lowest BCUT2D eigenvalue weighted by Crippen LogP contribution is -2.25. The molecule has 1 aliphatic rings. The van der Waals surface area contributed by atoms with Crippen molar-refractivity contribution in [1.29, 1.82) is 0 Å². The molecule has 0 spiro atoms. The monoisotopic (exact) mass is 498 g/mol. The second-order valence-electron chi connectivity index (χ2n) is 7.10. The number of carbonyl (C=O) groups excluding carboxylic acids is 2. The van der Waals surface area contributed by atoms with Crippen LogP contribution in [0.2, 0.25) is 5.02 Å². The van der Waals surface area contributed by atoms with Crippen LogP contribution in [0.3, 0.4) is 0 Å². The van der Waals surface area contributed by atoms with Crippen LogP contribution in [0.25, 0.3) is 0 Å². The fourth-order valence-corrected chi connectivity index (χ4v) is 5.69. The lowest BCUT2D eigenvalue weighted by atomic mass is 10.2. The molecule has 0 saturated carbocycles. The second kappa shape index (κ2) is 10.0. The number of anilines is 2. The number of thioether (sulfide) groups is 1. The van der Waals surface area contributed by atoms with Gasteiger partial charge in [-0.25, -0.2) is 8.42 Å². The molecule has 172 valence electrons. The maximum Gasteiger partial charge on any atom is 0.225 e. The van der Waals surface area contributed by atoms with Gasteiger partial charge in [-0.3, -0.25) is 9.59 Å². The number of rotatable bonds is 7. The van der Waals surface area contributed by atoms with Crippen LogP contribution in [0.5, 0.6) is 11.5 Å². The third-order valence-electron chi connectivity index (χ3n) is 4.89. The Labute approximate surface area is 195 Å². The maximum absolute atomic E-state index is 13.1. The van der Waals surface area contributed by atoms with Gasteiger partial charge in [0.2, 0.25) is 11.8 Å². The number of hydrogen-bond acceptors (Lipinski definition) is 7. The number of benzene rings is 2. The molecule has 32 heavy (non-hydrogen) atoms. The van der Waals surface area contributed by atoms with Crippen molar-refractivity contribution >= 4 is 56.4 Å². The van der Waals surface area contributed by atoms with Crippen molar-refractivity contribution in [2.24, 2.45) is 0 Å². The standard InChI is InChI=1S/C21H23ClN2O6S2/c1-12(8-21(26)23-15-10-14(22)17(29-2)11-18(15)30-3)32(27,28)13-4-5-19-16(9-13)24-20(25)6-7-31-19/h4-5,9-12H,6-8H2,1-3H3,(H,23,26)(H,24,25)/t12-/m0/s1. The second-order valence-corrected chi connectivity index (χ2v) is 11.0.